The van der Waals surface area contributed by atoms with Crippen molar-refractivity contribution < 1.29 is 13.2 Å². The average molecular weight is 274 g/mol. The van der Waals surface area contributed by atoms with Gasteiger partial charge < -0.3 is 4.90 Å². The average Bonchev–Trinajstić information content (AvgIpc) is 2.72. The smallest absolute Gasteiger partial charge is 0.320 e. The van der Waals surface area contributed by atoms with Crippen LogP contribution in [0.5, 0.6) is 0 Å². The molecule has 1 saturated heterocycles. The van der Waals surface area contributed by atoms with Gasteiger partial charge in [-0.25, -0.2) is 0 Å². The molecule has 0 aromatic heterocycles. The van der Waals surface area contributed by atoms with E-state index < -0.39 is 12.6 Å². The number of alkyl halides is 3. The van der Waals surface area contributed by atoms with Gasteiger partial charge in [0.1, 0.15) is 0 Å². The Bertz CT molecular complexity index is 445. The summed E-state index contributed by atoms with van der Waals surface area (Å²) in [7, 11) is 0. The highest BCUT2D eigenvalue weighted by molar-refractivity contribution is 8.14. The SMILES string of the molecule is N=C1SCCN1c1ccccc1CCC(F)(F)F. The summed E-state index contributed by atoms with van der Waals surface area (Å²) in [6.45, 7) is 0.687. The van der Waals surface area contributed by atoms with Gasteiger partial charge in [-0.2, -0.15) is 13.2 Å². The first-order chi connectivity index (χ1) is 8.47. The van der Waals surface area contributed by atoms with Crippen LogP contribution in [0.3, 0.4) is 0 Å². The summed E-state index contributed by atoms with van der Waals surface area (Å²) in [5.41, 5.74) is 1.39. The minimum Gasteiger partial charge on any atom is -0.320 e. The number of halogens is 3. The molecule has 1 aliphatic rings. The number of rotatable bonds is 3. The van der Waals surface area contributed by atoms with E-state index in [2.05, 4.69) is 0 Å². The number of amidine groups is 1. The summed E-state index contributed by atoms with van der Waals surface area (Å²) in [6.07, 6.45) is -4.99. The van der Waals surface area contributed by atoms with E-state index >= 15 is 0 Å². The summed E-state index contributed by atoms with van der Waals surface area (Å²) in [5.74, 6) is 0.812. The first-order valence-corrected chi connectivity index (χ1v) is 6.59. The molecule has 1 aromatic rings. The summed E-state index contributed by atoms with van der Waals surface area (Å²) < 4.78 is 36.8. The van der Waals surface area contributed by atoms with Crippen LogP contribution in [0.4, 0.5) is 18.9 Å². The molecule has 0 radical (unpaired) electrons. The molecule has 0 aliphatic carbocycles. The van der Waals surface area contributed by atoms with Gasteiger partial charge in [-0.1, -0.05) is 30.0 Å². The summed E-state index contributed by atoms with van der Waals surface area (Å²) >= 11 is 1.42. The molecule has 0 saturated carbocycles. The first-order valence-electron chi connectivity index (χ1n) is 5.61. The van der Waals surface area contributed by atoms with E-state index in [4.69, 9.17) is 5.41 Å². The molecule has 0 amide bonds. The predicted molar refractivity (Wildman–Crippen MR) is 68.3 cm³/mol. The van der Waals surface area contributed by atoms with Crippen molar-refractivity contribution in [1.29, 1.82) is 5.41 Å². The van der Waals surface area contributed by atoms with Crippen LogP contribution < -0.4 is 4.90 Å². The highest BCUT2D eigenvalue weighted by Gasteiger charge is 2.28. The Hall–Kier alpha value is -1.17. The third-order valence-electron chi connectivity index (χ3n) is 2.76. The predicted octanol–water partition coefficient (Wildman–Crippen LogP) is 3.67. The second kappa shape index (κ2) is 5.22. The Morgan fingerprint density at radius 3 is 2.61 bits per heavy atom. The van der Waals surface area contributed by atoms with Crippen molar-refractivity contribution in [1.82, 2.24) is 0 Å². The van der Waals surface area contributed by atoms with Gasteiger partial charge in [-0.15, -0.1) is 0 Å². The second-order valence-corrected chi connectivity index (χ2v) is 5.13. The van der Waals surface area contributed by atoms with E-state index in [1.807, 2.05) is 0 Å². The van der Waals surface area contributed by atoms with Crippen molar-refractivity contribution in [3.63, 3.8) is 0 Å². The van der Waals surface area contributed by atoms with Crippen molar-refractivity contribution in [2.24, 2.45) is 0 Å². The maximum atomic E-state index is 12.3. The van der Waals surface area contributed by atoms with Gasteiger partial charge in [0.05, 0.1) is 0 Å². The monoisotopic (exact) mass is 274 g/mol. The van der Waals surface area contributed by atoms with E-state index in [0.717, 1.165) is 11.4 Å². The summed E-state index contributed by atoms with van der Waals surface area (Å²) in [5, 5.41) is 8.17. The third kappa shape index (κ3) is 3.19. The lowest BCUT2D eigenvalue weighted by atomic mass is 10.1. The molecule has 18 heavy (non-hydrogen) atoms. The van der Waals surface area contributed by atoms with Crippen LogP contribution in [0.15, 0.2) is 24.3 Å². The van der Waals surface area contributed by atoms with Crippen LogP contribution in [-0.2, 0) is 6.42 Å². The van der Waals surface area contributed by atoms with Crippen molar-refractivity contribution in [2.75, 3.05) is 17.2 Å². The van der Waals surface area contributed by atoms with Crippen LogP contribution in [0, 0.1) is 5.41 Å². The number of nitrogens with one attached hydrogen (secondary N) is 1. The molecule has 2 rings (SSSR count). The zero-order valence-electron chi connectivity index (χ0n) is 9.63. The minimum absolute atomic E-state index is 0.0336. The Labute approximate surface area is 108 Å². The van der Waals surface area contributed by atoms with Crippen molar-refractivity contribution >= 4 is 22.6 Å². The number of anilines is 1. The fraction of sp³-hybridized carbons (Fsp3) is 0.417. The van der Waals surface area contributed by atoms with Gasteiger partial charge in [0.15, 0.2) is 5.17 Å². The Morgan fingerprint density at radius 1 is 1.28 bits per heavy atom. The number of hydrogen-bond donors (Lipinski definition) is 1. The Morgan fingerprint density at radius 2 is 2.00 bits per heavy atom. The van der Waals surface area contributed by atoms with Gasteiger partial charge in [0.25, 0.3) is 0 Å². The number of hydrogen-bond acceptors (Lipinski definition) is 2. The number of benzene rings is 1. The molecule has 1 N–H and O–H groups in total. The van der Waals surface area contributed by atoms with E-state index in [0.29, 0.717) is 17.3 Å². The zero-order chi connectivity index (χ0) is 13.2. The molecule has 1 aliphatic heterocycles. The van der Waals surface area contributed by atoms with Crippen LogP contribution >= 0.6 is 11.8 Å². The molecule has 6 heteroatoms. The first kappa shape index (κ1) is 13.3. The molecule has 1 fully saturated rings. The van der Waals surface area contributed by atoms with Crippen LogP contribution in [0.25, 0.3) is 0 Å². The van der Waals surface area contributed by atoms with Crippen LogP contribution in [0.1, 0.15) is 12.0 Å². The maximum Gasteiger partial charge on any atom is 0.389 e. The molecule has 1 heterocycles. The topological polar surface area (TPSA) is 27.1 Å². The van der Waals surface area contributed by atoms with Crippen molar-refractivity contribution in [2.45, 2.75) is 19.0 Å². The van der Waals surface area contributed by atoms with E-state index in [-0.39, 0.29) is 6.42 Å². The number of para-hydroxylation sites is 1. The summed E-state index contributed by atoms with van der Waals surface area (Å²) in [6, 6.07) is 7.02. The van der Waals surface area contributed by atoms with Gasteiger partial charge >= 0.3 is 6.18 Å². The largest absolute Gasteiger partial charge is 0.389 e. The maximum absolute atomic E-state index is 12.3. The number of thioether (sulfide) groups is 1. The molecular weight excluding hydrogens is 261 g/mol. The lowest BCUT2D eigenvalue weighted by Crippen LogP contribution is -2.24. The van der Waals surface area contributed by atoms with Gasteiger partial charge in [-0.05, 0) is 18.1 Å². The fourth-order valence-electron chi connectivity index (χ4n) is 1.90. The molecule has 98 valence electrons. The molecule has 0 unspecified atom stereocenters. The Balaban J connectivity index is 2.17. The lowest BCUT2D eigenvalue weighted by Gasteiger charge is -2.20. The van der Waals surface area contributed by atoms with Crippen molar-refractivity contribution in [3.05, 3.63) is 29.8 Å². The number of nitrogens with zero attached hydrogens (tertiary/aromatic N) is 1. The van der Waals surface area contributed by atoms with Gasteiger partial charge in [0, 0.05) is 24.4 Å². The minimum atomic E-state index is -4.14. The van der Waals surface area contributed by atoms with E-state index in [9.17, 15) is 13.2 Å². The normalized spacial score (nSPS) is 16.4. The van der Waals surface area contributed by atoms with Crippen molar-refractivity contribution in [3.8, 4) is 0 Å². The molecular formula is C12H13F3N2S. The lowest BCUT2D eigenvalue weighted by molar-refractivity contribution is -0.133. The molecule has 2 nitrogen and oxygen atoms in total. The number of aryl methyl sites for hydroxylation is 1. The quantitative estimate of drug-likeness (QED) is 0.910. The zero-order valence-corrected chi connectivity index (χ0v) is 10.4. The summed E-state index contributed by atoms with van der Waals surface area (Å²) in [4.78, 5) is 1.77. The van der Waals surface area contributed by atoms with Gasteiger partial charge in [0.2, 0.25) is 0 Å². The van der Waals surface area contributed by atoms with Crippen LogP contribution in [-0.4, -0.2) is 23.6 Å². The van der Waals surface area contributed by atoms with Crippen LogP contribution in [0.2, 0.25) is 0 Å². The van der Waals surface area contributed by atoms with E-state index in [1.165, 1.54) is 11.8 Å². The molecule has 0 spiro atoms. The molecule has 0 atom stereocenters. The molecule has 0 bridgehead atoms. The Kier molecular flexibility index (Phi) is 3.85. The highest BCUT2D eigenvalue weighted by Crippen LogP contribution is 2.30. The van der Waals surface area contributed by atoms with E-state index in [1.54, 1.807) is 29.2 Å². The fourth-order valence-corrected chi connectivity index (χ4v) is 2.72. The van der Waals surface area contributed by atoms with Gasteiger partial charge in [-0.3, -0.25) is 5.41 Å². The molecule has 1 aromatic carbocycles. The second-order valence-electron chi connectivity index (χ2n) is 4.05. The standard InChI is InChI=1S/C12H13F3N2S/c13-12(14,15)6-5-9-3-1-2-4-10(9)17-7-8-18-11(17)16/h1-4,16H,5-8H2. The third-order valence-corrected chi connectivity index (χ3v) is 3.64. The highest BCUT2D eigenvalue weighted by atomic mass is 32.2.